The standard InChI is InChI=1S/C22H21N3O4.ClH/c26-21(25-28)13-29-17-9-8-15-11-20(23-12-16(15)10-17)22(27)24-19-7-3-5-14-4-1-2-6-18(14)19;/h1-10,20,23,28H,11-13H2,(H,24,27)(H,25,26);1H/t20-;/m0./s1. The highest BCUT2D eigenvalue weighted by atomic mass is 35.5. The van der Waals surface area contributed by atoms with Crippen LogP contribution < -0.4 is 20.9 Å². The average molecular weight is 428 g/mol. The van der Waals surface area contributed by atoms with Gasteiger partial charge in [-0.1, -0.05) is 42.5 Å². The van der Waals surface area contributed by atoms with Gasteiger partial charge in [0.1, 0.15) is 5.75 Å². The van der Waals surface area contributed by atoms with E-state index in [1.54, 1.807) is 6.07 Å². The molecule has 30 heavy (non-hydrogen) atoms. The molecule has 0 aliphatic carbocycles. The molecule has 3 aromatic rings. The van der Waals surface area contributed by atoms with E-state index < -0.39 is 5.91 Å². The Morgan fingerprint density at radius 2 is 1.87 bits per heavy atom. The first kappa shape index (κ1) is 21.6. The van der Waals surface area contributed by atoms with Gasteiger partial charge in [-0.2, -0.15) is 0 Å². The van der Waals surface area contributed by atoms with Gasteiger partial charge < -0.3 is 15.4 Å². The van der Waals surface area contributed by atoms with Gasteiger partial charge >= 0.3 is 0 Å². The van der Waals surface area contributed by atoms with Crippen molar-refractivity contribution in [3.63, 3.8) is 0 Å². The van der Waals surface area contributed by atoms with E-state index in [-0.39, 0.29) is 31.0 Å². The summed E-state index contributed by atoms with van der Waals surface area (Å²) in [6.07, 6.45) is 0.559. The van der Waals surface area contributed by atoms with Crippen LogP contribution in [-0.4, -0.2) is 29.7 Å². The van der Waals surface area contributed by atoms with Crippen LogP contribution in [0.5, 0.6) is 5.75 Å². The highest BCUT2D eigenvalue weighted by Gasteiger charge is 2.25. The number of benzene rings is 3. The average Bonchev–Trinajstić information content (AvgIpc) is 2.77. The number of amides is 2. The van der Waals surface area contributed by atoms with Gasteiger partial charge in [0.25, 0.3) is 5.91 Å². The van der Waals surface area contributed by atoms with Crippen molar-refractivity contribution in [3.8, 4) is 5.75 Å². The molecule has 4 N–H and O–H groups in total. The summed E-state index contributed by atoms with van der Waals surface area (Å²) in [6, 6.07) is 19.0. The molecule has 3 aromatic carbocycles. The highest BCUT2D eigenvalue weighted by Crippen LogP contribution is 2.25. The van der Waals surface area contributed by atoms with Crippen LogP contribution in [-0.2, 0) is 22.6 Å². The smallest absolute Gasteiger partial charge is 0.281 e. The molecule has 0 spiro atoms. The van der Waals surface area contributed by atoms with Gasteiger partial charge in [0.2, 0.25) is 5.91 Å². The van der Waals surface area contributed by atoms with Crippen molar-refractivity contribution in [2.75, 3.05) is 11.9 Å². The van der Waals surface area contributed by atoms with Gasteiger partial charge in [-0.15, -0.1) is 12.4 Å². The van der Waals surface area contributed by atoms with E-state index >= 15 is 0 Å². The number of hydrogen-bond donors (Lipinski definition) is 4. The molecule has 0 saturated heterocycles. The van der Waals surface area contributed by atoms with Crippen LogP contribution in [0.1, 0.15) is 11.1 Å². The van der Waals surface area contributed by atoms with Gasteiger partial charge in [0, 0.05) is 17.6 Å². The fourth-order valence-electron chi connectivity index (χ4n) is 3.50. The molecule has 0 saturated carbocycles. The molecule has 1 aliphatic heterocycles. The minimum absolute atomic E-state index is 0. The van der Waals surface area contributed by atoms with Crippen molar-refractivity contribution in [1.82, 2.24) is 10.8 Å². The van der Waals surface area contributed by atoms with Crippen molar-refractivity contribution in [2.24, 2.45) is 0 Å². The Morgan fingerprint density at radius 1 is 1.07 bits per heavy atom. The number of ether oxygens (including phenoxy) is 1. The van der Waals surface area contributed by atoms with E-state index in [4.69, 9.17) is 9.94 Å². The molecule has 1 aliphatic rings. The second-order valence-corrected chi connectivity index (χ2v) is 6.91. The maximum Gasteiger partial charge on any atom is 0.281 e. The van der Waals surface area contributed by atoms with E-state index in [9.17, 15) is 9.59 Å². The summed E-state index contributed by atoms with van der Waals surface area (Å²) in [6.45, 7) is 0.255. The van der Waals surface area contributed by atoms with E-state index in [1.165, 1.54) is 5.48 Å². The lowest BCUT2D eigenvalue weighted by Crippen LogP contribution is -2.44. The van der Waals surface area contributed by atoms with Crippen molar-refractivity contribution in [1.29, 1.82) is 0 Å². The predicted molar refractivity (Wildman–Crippen MR) is 116 cm³/mol. The Labute approximate surface area is 179 Å². The molecule has 4 rings (SSSR count). The van der Waals surface area contributed by atoms with E-state index in [0.29, 0.717) is 18.7 Å². The summed E-state index contributed by atoms with van der Waals surface area (Å²) in [5, 5.41) is 16.9. The fraction of sp³-hybridized carbons (Fsp3) is 0.182. The molecular weight excluding hydrogens is 406 g/mol. The van der Waals surface area contributed by atoms with Crippen molar-refractivity contribution < 1.29 is 19.5 Å². The van der Waals surface area contributed by atoms with Gasteiger partial charge in [0.15, 0.2) is 6.61 Å². The summed E-state index contributed by atoms with van der Waals surface area (Å²) >= 11 is 0. The number of carbonyl (C=O) groups excluding carboxylic acids is 2. The summed E-state index contributed by atoms with van der Waals surface area (Å²) in [4.78, 5) is 23.9. The number of halogens is 1. The summed E-state index contributed by atoms with van der Waals surface area (Å²) in [5.74, 6) is -0.161. The highest BCUT2D eigenvalue weighted by molar-refractivity contribution is 6.04. The number of rotatable bonds is 5. The second kappa shape index (κ2) is 9.58. The maximum absolute atomic E-state index is 12.8. The van der Waals surface area contributed by atoms with Crippen LogP contribution >= 0.6 is 12.4 Å². The van der Waals surface area contributed by atoms with Crippen LogP contribution in [0, 0.1) is 0 Å². The Balaban J connectivity index is 0.00000256. The number of carbonyl (C=O) groups is 2. The molecule has 0 radical (unpaired) electrons. The number of anilines is 1. The summed E-state index contributed by atoms with van der Waals surface area (Å²) in [7, 11) is 0. The molecule has 2 amide bonds. The lowest BCUT2D eigenvalue weighted by atomic mass is 9.95. The number of hydrogen-bond acceptors (Lipinski definition) is 5. The molecular formula is C22H22ClN3O4. The minimum Gasteiger partial charge on any atom is -0.484 e. The lowest BCUT2D eigenvalue weighted by molar-refractivity contribution is -0.131. The van der Waals surface area contributed by atoms with Crippen molar-refractivity contribution in [3.05, 3.63) is 71.8 Å². The van der Waals surface area contributed by atoms with Gasteiger partial charge in [-0.05, 0) is 41.1 Å². The first-order chi connectivity index (χ1) is 14.1. The molecule has 8 heteroatoms. The maximum atomic E-state index is 12.8. The van der Waals surface area contributed by atoms with Crippen LogP contribution in [0.15, 0.2) is 60.7 Å². The Morgan fingerprint density at radius 3 is 2.70 bits per heavy atom. The quantitative estimate of drug-likeness (QED) is 0.370. The SMILES string of the molecule is Cl.O=C(COc1ccc2c(c1)CN[C@H](C(=O)Nc1cccc3ccccc13)C2)NO. The molecule has 0 fully saturated rings. The van der Waals surface area contributed by atoms with Crippen molar-refractivity contribution in [2.45, 2.75) is 19.0 Å². The number of nitrogens with one attached hydrogen (secondary N) is 3. The first-order valence-corrected chi connectivity index (χ1v) is 9.33. The zero-order valence-corrected chi connectivity index (χ0v) is 16.9. The molecule has 0 aromatic heterocycles. The largest absolute Gasteiger partial charge is 0.484 e. The summed E-state index contributed by atoms with van der Waals surface area (Å²) in [5.41, 5.74) is 4.40. The lowest BCUT2D eigenvalue weighted by Gasteiger charge is -2.26. The number of hydroxylamine groups is 1. The van der Waals surface area contributed by atoms with Gasteiger partial charge in [0.05, 0.1) is 6.04 Å². The third-order valence-corrected chi connectivity index (χ3v) is 5.00. The van der Waals surface area contributed by atoms with E-state index in [0.717, 1.165) is 27.6 Å². The first-order valence-electron chi connectivity index (χ1n) is 9.33. The fourth-order valence-corrected chi connectivity index (χ4v) is 3.50. The number of fused-ring (bicyclic) bond motifs is 2. The summed E-state index contributed by atoms with van der Waals surface area (Å²) < 4.78 is 5.34. The monoisotopic (exact) mass is 427 g/mol. The van der Waals surface area contributed by atoms with Crippen LogP contribution in [0.4, 0.5) is 5.69 Å². The predicted octanol–water partition coefficient (Wildman–Crippen LogP) is 2.80. The van der Waals surface area contributed by atoms with E-state index in [2.05, 4.69) is 10.6 Å². The van der Waals surface area contributed by atoms with Gasteiger partial charge in [-0.25, -0.2) is 5.48 Å². The zero-order chi connectivity index (χ0) is 20.2. The Hall–Kier alpha value is -3.13. The van der Waals surface area contributed by atoms with Crippen LogP contribution in [0.25, 0.3) is 10.8 Å². The van der Waals surface area contributed by atoms with Crippen LogP contribution in [0.2, 0.25) is 0 Å². The van der Waals surface area contributed by atoms with Gasteiger partial charge in [-0.3, -0.25) is 14.8 Å². The zero-order valence-electron chi connectivity index (χ0n) is 16.1. The van der Waals surface area contributed by atoms with Crippen LogP contribution in [0.3, 0.4) is 0 Å². The molecule has 156 valence electrons. The molecule has 7 nitrogen and oxygen atoms in total. The van der Waals surface area contributed by atoms with E-state index in [1.807, 2.05) is 54.6 Å². The Kier molecular flexibility index (Phi) is 6.89. The molecule has 0 unspecified atom stereocenters. The third-order valence-electron chi connectivity index (χ3n) is 5.00. The molecule has 0 bridgehead atoms. The minimum atomic E-state index is -0.619. The molecule has 1 atom stereocenters. The normalized spacial score (nSPS) is 14.9. The second-order valence-electron chi connectivity index (χ2n) is 6.91. The van der Waals surface area contributed by atoms with Crippen molar-refractivity contribution >= 4 is 40.7 Å². The molecule has 1 heterocycles. The third kappa shape index (κ3) is 4.71. The topological polar surface area (TPSA) is 99.7 Å². The Bertz CT molecular complexity index is 1070.